The van der Waals surface area contributed by atoms with Gasteiger partial charge in [-0.05, 0) is 51.0 Å². The standard InChI is InChI=1S/C20H28N2O6S/c1-14-12-22(13-15(2)28-14)29(25,26)18-6-4-16(5-7-18)19(23)21-10-8-17(9-11-21)20(24)27-3/h4-7,14-15,17H,8-13H2,1-3H3. The second-order valence-electron chi connectivity index (χ2n) is 7.69. The molecule has 2 saturated heterocycles. The lowest BCUT2D eigenvalue weighted by Crippen LogP contribution is -2.48. The number of carbonyl (C=O) groups excluding carboxylic acids is 2. The van der Waals surface area contributed by atoms with Crippen molar-refractivity contribution >= 4 is 21.9 Å². The average Bonchev–Trinajstić information content (AvgIpc) is 2.72. The first-order valence-electron chi connectivity index (χ1n) is 9.85. The van der Waals surface area contributed by atoms with Gasteiger partial charge < -0.3 is 14.4 Å². The van der Waals surface area contributed by atoms with E-state index in [1.807, 2.05) is 13.8 Å². The number of amides is 1. The van der Waals surface area contributed by atoms with E-state index >= 15 is 0 Å². The number of esters is 1. The van der Waals surface area contributed by atoms with Gasteiger partial charge in [0.25, 0.3) is 5.91 Å². The molecule has 9 heteroatoms. The predicted molar refractivity (Wildman–Crippen MR) is 106 cm³/mol. The number of sulfonamides is 1. The number of nitrogens with zero attached hydrogens (tertiary/aromatic N) is 2. The van der Waals surface area contributed by atoms with E-state index < -0.39 is 10.0 Å². The Hall–Kier alpha value is -1.97. The largest absolute Gasteiger partial charge is 0.469 e. The molecule has 2 fully saturated rings. The monoisotopic (exact) mass is 424 g/mol. The summed E-state index contributed by atoms with van der Waals surface area (Å²) in [5, 5.41) is 0. The van der Waals surface area contributed by atoms with Gasteiger partial charge in [0, 0.05) is 31.7 Å². The molecule has 160 valence electrons. The van der Waals surface area contributed by atoms with Crippen LogP contribution < -0.4 is 0 Å². The van der Waals surface area contributed by atoms with Gasteiger partial charge in [0.15, 0.2) is 0 Å². The second kappa shape index (κ2) is 8.81. The summed E-state index contributed by atoms with van der Waals surface area (Å²) in [6, 6.07) is 6.06. The molecule has 2 aliphatic heterocycles. The van der Waals surface area contributed by atoms with Gasteiger partial charge in [0.2, 0.25) is 10.0 Å². The van der Waals surface area contributed by atoms with Gasteiger partial charge >= 0.3 is 5.97 Å². The summed E-state index contributed by atoms with van der Waals surface area (Å²) in [5.41, 5.74) is 0.434. The summed E-state index contributed by atoms with van der Waals surface area (Å²) in [5.74, 6) is -0.570. The second-order valence-corrected chi connectivity index (χ2v) is 9.63. The molecule has 29 heavy (non-hydrogen) atoms. The Morgan fingerprint density at radius 2 is 1.59 bits per heavy atom. The van der Waals surface area contributed by atoms with E-state index in [0.29, 0.717) is 44.6 Å². The summed E-state index contributed by atoms with van der Waals surface area (Å²) in [7, 11) is -2.27. The molecule has 2 heterocycles. The Morgan fingerprint density at radius 3 is 2.10 bits per heavy atom. The van der Waals surface area contributed by atoms with E-state index in [2.05, 4.69) is 0 Å². The minimum Gasteiger partial charge on any atom is -0.469 e. The maximum atomic E-state index is 12.9. The van der Waals surface area contributed by atoms with E-state index in [4.69, 9.17) is 9.47 Å². The van der Waals surface area contributed by atoms with E-state index in [9.17, 15) is 18.0 Å². The third kappa shape index (κ3) is 4.79. The zero-order valence-electron chi connectivity index (χ0n) is 17.0. The molecule has 2 unspecified atom stereocenters. The zero-order valence-corrected chi connectivity index (χ0v) is 17.9. The third-order valence-electron chi connectivity index (χ3n) is 5.44. The van der Waals surface area contributed by atoms with Crippen molar-refractivity contribution in [2.75, 3.05) is 33.3 Å². The lowest BCUT2D eigenvalue weighted by molar-refractivity contribution is -0.146. The normalized spacial score (nSPS) is 24.3. The Morgan fingerprint density at radius 1 is 1.03 bits per heavy atom. The highest BCUT2D eigenvalue weighted by atomic mass is 32.2. The van der Waals surface area contributed by atoms with Crippen LogP contribution in [0.4, 0.5) is 0 Å². The fourth-order valence-electron chi connectivity index (χ4n) is 3.91. The molecule has 2 aliphatic rings. The molecule has 3 rings (SSSR count). The van der Waals surface area contributed by atoms with Crippen LogP contribution in [0.3, 0.4) is 0 Å². The number of morpholine rings is 1. The van der Waals surface area contributed by atoms with Crippen LogP contribution in [0.1, 0.15) is 37.0 Å². The first-order chi connectivity index (χ1) is 13.7. The summed E-state index contributed by atoms with van der Waals surface area (Å²) in [4.78, 5) is 26.2. The molecule has 0 radical (unpaired) electrons. The molecule has 1 amide bonds. The maximum Gasteiger partial charge on any atom is 0.308 e. The molecule has 0 bridgehead atoms. The summed E-state index contributed by atoms with van der Waals surface area (Å²) in [6.45, 7) is 5.27. The molecule has 1 aromatic rings. The predicted octanol–water partition coefficient (Wildman–Crippen LogP) is 1.51. The average molecular weight is 425 g/mol. The summed E-state index contributed by atoms with van der Waals surface area (Å²) < 4.78 is 37.6. The van der Waals surface area contributed by atoms with Gasteiger partial charge in [-0.1, -0.05) is 0 Å². The molecular weight excluding hydrogens is 396 g/mol. The van der Waals surface area contributed by atoms with E-state index in [1.165, 1.54) is 23.5 Å². The Kier molecular flexibility index (Phi) is 6.60. The van der Waals surface area contributed by atoms with Gasteiger partial charge in [0.05, 0.1) is 30.1 Å². The van der Waals surface area contributed by atoms with E-state index in [0.717, 1.165) is 0 Å². The Balaban J connectivity index is 1.67. The molecule has 0 aliphatic carbocycles. The van der Waals surface area contributed by atoms with Crippen molar-refractivity contribution in [3.05, 3.63) is 29.8 Å². The first-order valence-corrected chi connectivity index (χ1v) is 11.3. The minimum absolute atomic E-state index is 0.161. The van der Waals surface area contributed by atoms with Crippen molar-refractivity contribution in [2.24, 2.45) is 5.92 Å². The molecule has 0 spiro atoms. The fraction of sp³-hybridized carbons (Fsp3) is 0.600. The van der Waals surface area contributed by atoms with Crippen LogP contribution in [0.2, 0.25) is 0 Å². The van der Waals surface area contributed by atoms with Gasteiger partial charge in [0.1, 0.15) is 0 Å². The molecule has 0 saturated carbocycles. The minimum atomic E-state index is -3.64. The van der Waals surface area contributed by atoms with Gasteiger partial charge in [-0.2, -0.15) is 4.31 Å². The number of ether oxygens (including phenoxy) is 2. The number of piperidine rings is 1. The Labute approximate surface area is 171 Å². The first kappa shape index (κ1) is 21.7. The topological polar surface area (TPSA) is 93.2 Å². The van der Waals surface area contributed by atoms with Crippen molar-refractivity contribution in [1.82, 2.24) is 9.21 Å². The number of hydrogen-bond acceptors (Lipinski definition) is 6. The summed E-state index contributed by atoms with van der Waals surface area (Å²) >= 11 is 0. The van der Waals surface area contributed by atoms with Crippen molar-refractivity contribution in [2.45, 2.75) is 43.8 Å². The third-order valence-corrected chi connectivity index (χ3v) is 7.29. The molecule has 1 aromatic carbocycles. The van der Waals surface area contributed by atoms with E-state index in [-0.39, 0.29) is 34.9 Å². The SMILES string of the molecule is COC(=O)C1CCN(C(=O)c2ccc(S(=O)(=O)N3CC(C)OC(C)C3)cc2)CC1. The highest BCUT2D eigenvalue weighted by molar-refractivity contribution is 7.89. The van der Waals surface area contributed by atoms with Gasteiger partial charge in [-0.3, -0.25) is 9.59 Å². The van der Waals surface area contributed by atoms with Crippen LogP contribution in [-0.2, 0) is 24.3 Å². The van der Waals surface area contributed by atoms with Gasteiger partial charge in [-0.25, -0.2) is 8.42 Å². The smallest absolute Gasteiger partial charge is 0.308 e. The van der Waals surface area contributed by atoms with Gasteiger partial charge in [-0.15, -0.1) is 0 Å². The quantitative estimate of drug-likeness (QED) is 0.680. The van der Waals surface area contributed by atoms with Crippen molar-refractivity contribution in [3.63, 3.8) is 0 Å². The molecule has 0 aromatic heterocycles. The van der Waals surface area contributed by atoms with Crippen LogP contribution in [-0.4, -0.2) is 75.0 Å². The lowest BCUT2D eigenvalue weighted by atomic mass is 9.96. The summed E-state index contributed by atoms with van der Waals surface area (Å²) in [6.07, 6.45) is 0.806. The number of likely N-dealkylation sites (tertiary alicyclic amines) is 1. The fourth-order valence-corrected chi connectivity index (χ4v) is 5.50. The highest BCUT2D eigenvalue weighted by Gasteiger charge is 2.33. The van der Waals surface area contributed by atoms with Crippen LogP contribution in [0, 0.1) is 5.92 Å². The number of carbonyl (C=O) groups is 2. The van der Waals surface area contributed by atoms with Crippen LogP contribution in [0.25, 0.3) is 0 Å². The van der Waals surface area contributed by atoms with Crippen LogP contribution in [0.5, 0.6) is 0 Å². The molecule has 0 N–H and O–H groups in total. The van der Waals surface area contributed by atoms with Crippen molar-refractivity contribution in [3.8, 4) is 0 Å². The highest BCUT2D eigenvalue weighted by Crippen LogP contribution is 2.23. The van der Waals surface area contributed by atoms with Crippen molar-refractivity contribution < 1.29 is 27.5 Å². The number of rotatable bonds is 4. The van der Waals surface area contributed by atoms with Crippen LogP contribution >= 0.6 is 0 Å². The van der Waals surface area contributed by atoms with Crippen molar-refractivity contribution in [1.29, 1.82) is 0 Å². The molecule has 8 nitrogen and oxygen atoms in total. The molecule has 2 atom stereocenters. The number of methoxy groups -OCH3 is 1. The van der Waals surface area contributed by atoms with Crippen LogP contribution in [0.15, 0.2) is 29.2 Å². The number of benzene rings is 1. The number of hydrogen-bond donors (Lipinski definition) is 0. The zero-order chi connectivity index (χ0) is 21.2. The lowest BCUT2D eigenvalue weighted by Gasteiger charge is -2.34. The maximum absolute atomic E-state index is 12.9. The van der Waals surface area contributed by atoms with E-state index in [1.54, 1.807) is 17.0 Å². The Bertz CT molecular complexity index is 836. The molecular formula is C20H28N2O6S.